The van der Waals surface area contributed by atoms with E-state index in [9.17, 15) is 5.11 Å². The molecule has 2 N–H and O–H groups in total. The highest BCUT2D eigenvalue weighted by Crippen LogP contribution is 2.35. The lowest BCUT2D eigenvalue weighted by Gasteiger charge is -2.29. The van der Waals surface area contributed by atoms with E-state index in [-0.39, 0.29) is 30.1 Å². The molecular formula is C24H25F2N3O5. The first-order chi connectivity index (χ1) is 16.5. The molecule has 3 aliphatic rings. The van der Waals surface area contributed by atoms with Gasteiger partial charge in [-0.3, -0.25) is 0 Å². The van der Waals surface area contributed by atoms with Crippen molar-refractivity contribution < 1.29 is 32.8 Å². The van der Waals surface area contributed by atoms with Gasteiger partial charge in [0.05, 0.1) is 48.7 Å². The fourth-order valence-corrected chi connectivity index (χ4v) is 4.93. The van der Waals surface area contributed by atoms with Crippen LogP contribution < -0.4 is 9.64 Å². The van der Waals surface area contributed by atoms with Crippen LogP contribution in [0, 0.1) is 18.6 Å². The molecule has 180 valence electrons. The molecule has 1 aromatic carbocycles. The summed E-state index contributed by atoms with van der Waals surface area (Å²) >= 11 is 0. The van der Waals surface area contributed by atoms with Gasteiger partial charge in [0.15, 0.2) is 12.0 Å². The molecular weight excluding hydrogens is 448 g/mol. The van der Waals surface area contributed by atoms with E-state index in [2.05, 4.69) is 9.97 Å². The minimum absolute atomic E-state index is 0.164. The molecule has 10 heteroatoms. The number of anilines is 1. The summed E-state index contributed by atoms with van der Waals surface area (Å²) in [6.45, 7) is 4.58. The highest BCUT2D eigenvalue weighted by Gasteiger charge is 2.48. The monoisotopic (exact) mass is 473 g/mol. The lowest BCUT2D eigenvalue weighted by atomic mass is 10.1. The maximum Gasteiger partial charge on any atom is 0.196 e. The van der Waals surface area contributed by atoms with E-state index in [0.717, 1.165) is 0 Å². The first kappa shape index (κ1) is 21.7. The number of rotatable bonds is 4. The molecule has 0 aliphatic carbocycles. The van der Waals surface area contributed by atoms with Crippen molar-refractivity contribution >= 4 is 16.7 Å². The smallest absolute Gasteiger partial charge is 0.196 e. The summed E-state index contributed by atoms with van der Waals surface area (Å²) in [5.41, 5.74) is 2.49. The number of hydrogen-bond acceptors (Lipinski definition) is 7. The van der Waals surface area contributed by atoms with Crippen LogP contribution in [0.5, 0.6) is 5.88 Å². The van der Waals surface area contributed by atoms with Crippen LogP contribution in [0.1, 0.15) is 5.56 Å². The first-order valence-electron chi connectivity index (χ1n) is 11.4. The Morgan fingerprint density at radius 1 is 1.09 bits per heavy atom. The largest absolute Gasteiger partial charge is 0.470 e. The molecule has 3 aliphatic heterocycles. The zero-order chi connectivity index (χ0) is 23.4. The average Bonchev–Trinajstić information content (AvgIpc) is 3.50. The van der Waals surface area contributed by atoms with Crippen molar-refractivity contribution in [3.8, 4) is 17.1 Å². The molecule has 0 amide bonds. The third-order valence-electron chi connectivity index (χ3n) is 6.75. The summed E-state index contributed by atoms with van der Waals surface area (Å²) in [6.07, 6.45) is -1.79. The number of nitrogens with zero attached hydrogens (tertiary/aromatic N) is 2. The normalized spacial score (nSPS) is 26.9. The number of halogens is 2. The lowest BCUT2D eigenvalue weighted by molar-refractivity contribution is 0.00782. The molecule has 0 spiro atoms. The highest BCUT2D eigenvalue weighted by molar-refractivity contribution is 5.84. The number of fused-ring (bicyclic) bond motifs is 2. The predicted octanol–water partition coefficient (Wildman–Crippen LogP) is 2.56. The van der Waals surface area contributed by atoms with Gasteiger partial charge in [0, 0.05) is 24.3 Å². The summed E-state index contributed by atoms with van der Waals surface area (Å²) < 4.78 is 52.8. The quantitative estimate of drug-likeness (QED) is 0.602. The molecule has 5 heterocycles. The highest BCUT2D eigenvalue weighted by atomic mass is 19.1. The van der Waals surface area contributed by atoms with Crippen molar-refractivity contribution in [2.24, 2.45) is 0 Å². The Morgan fingerprint density at radius 3 is 2.59 bits per heavy atom. The topological polar surface area (TPSA) is 89.1 Å². The van der Waals surface area contributed by atoms with Gasteiger partial charge >= 0.3 is 0 Å². The van der Waals surface area contributed by atoms with E-state index in [1.807, 2.05) is 11.8 Å². The second kappa shape index (κ2) is 8.46. The summed E-state index contributed by atoms with van der Waals surface area (Å²) in [5, 5.41) is 9.93. The van der Waals surface area contributed by atoms with E-state index >= 15 is 8.78 Å². The van der Waals surface area contributed by atoms with Crippen molar-refractivity contribution in [1.29, 1.82) is 0 Å². The lowest BCUT2D eigenvalue weighted by Crippen LogP contribution is -2.36. The van der Waals surface area contributed by atoms with Gasteiger partial charge in [-0.05, 0) is 31.2 Å². The Hall–Kier alpha value is -2.79. The molecule has 6 rings (SSSR count). The standard InChI is InChI=1S/C24H25F2N3O5/c1-12-21-17(28-24(12)34-19-11-33-22-18(30)10-32-23(19)22)3-2-16(27-21)20-14(25)8-13(9-15(20)26)29-4-6-31-7-5-29/h2-3,8-9,18-19,22-23,28,30H,4-7,10-11H2,1H3/t18-,19-,22?,23-/m1/s1. The van der Waals surface area contributed by atoms with Gasteiger partial charge in [0.2, 0.25) is 0 Å². The number of aromatic nitrogens is 2. The van der Waals surface area contributed by atoms with Gasteiger partial charge < -0.3 is 33.9 Å². The zero-order valence-electron chi connectivity index (χ0n) is 18.6. The van der Waals surface area contributed by atoms with Crippen LogP contribution in [0.25, 0.3) is 22.3 Å². The Morgan fingerprint density at radius 2 is 1.82 bits per heavy atom. The Labute approximate surface area is 194 Å². The minimum atomic E-state index is -0.663. The van der Waals surface area contributed by atoms with Gasteiger partial charge in [0.1, 0.15) is 29.9 Å². The van der Waals surface area contributed by atoms with Gasteiger partial charge in [-0.1, -0.05) is 0 Å². The van der Waals surface area contributed by atoms with Crippen molar-refractivity contribution in [2.45, 2.75) is 31.3 Å². The van der Waals surface area contributed by atoms with Crippen LogP contribution in [0.2, 0.25) is 0 Å². The summed E-state index contributed by atoms with van der Waals surface area (Å²) in [6, 6.07) is 6.01. The van der Waals surface area contributed by atoms with E-state index < -0.39 is 23.8 Å². The number of aliphatic hydroxyl groups is 1. The average molecular weight is 473 g/mol. The third kappa shape index (κ3) is 3.61. The third-order valence-corrected chi connectivity index (χ3v) is 6.75. The molecule has 3 fully saturated rings. The molecule has 0 bridgehead atoms. The number of aryl methyl sites for hydroxylation is 1. The number of H-pyrrole nitrogens is 1. The second-order valence-electron chi connectivity index (χ2n) is 8.88. The van der Waals surface area contributed by atoms with Crippen molar-refractivity contribution in [3.63, 3.8) is 0 Å². The number of ether oxygens (including phenoxy) is 4. The summed E-state index contributed by atoms with van der Waals surface area (Å²) in [7, 11) is 0. The number of aliphatic hydroxyl groups excluding tert-OH is 1. The van der Waals surface area contributed by atoms with E-state index in [1.165, 1.54) is 12.1 Å². The van der Waals surface area contributed by atoms with Gasteiger partial charge in [-0.25, -0.2) is 13.8 Å². The molecule has 8 nitrogen and oxygen atoms in total. The van der Waals surface area contributed by atoms with Crippen LogP contribution in [0.4, 0.5) is 14.5 Å². The maximum atomic E-state index is 15.1. The molecule has 3 saturated heterocycles. The molecule has 3 aromatic rings. The Balaban J connectivity index is 1.29. The number of hydrogen-bond donors (Lipinski definition) is 2. The van der Waals surface area contributed by atoms with Gasteiger partial charge in [-0.15, -0.1) is 0 Å². The first-order valence-corrected chi connectivity index (χ1v) is 11.4. The summed E-state index contributed by atoms with van der Waals surface area (Å²) in [4.78, 5) is 9.64. The van der Waals surface area contributed by atoms with Crippen molar-refractivity contribution in [2.75, 3.05) is 44.4 Å². The van der Waals surface area contributed by atoms with Gasteiger partial charge in [-0.2, -0.15) is 0 Å². The number of benzene rings is 1. The maximum absolute atomic E-state index is 15.1. The molecule has 1 unspecified atom stereocenters. The van der Waals surface area contributed by atoms with Gasteiger partial charge in [0.25, 0.3) is 0 Å². The SMILES string of the molecule is Cc1c(O[C@@H]2COC3[C@H](O)CO[C@@H]32)[nH]c2ccc(-c3c(F)cc(N4CCOCC4)cc3F)nc12. The van der Waals surface area contributed by atoms with Crippen LogP contribution in [-0.4, -0.2) is 79.0 Å². The second-order valence-corrected chi connectivity index (χ2v) is 8.88. The number of aromatic amines is 1. The van der Waals surface area contributed by atoms with Crippen LogP contribution in [0.15, 0.2) is 24.3 Å². The van der Waals surface area contributed by atoms with Crippen molar-refractivity contribution in [1.82, 2.24) is 9.97 Å². The molecule has 2 aromatic heterocycles. The summed E-state index contributed by atoms with van der Waals surface area (Å²) in [5.74, 6) is -0.837. The fraction of sp³-hybridized carbons (Fsp3) is 0.458. The van der Waals surface area contributed by atoms with Crippen LogP contribution in [0.3, 0.4) is 0 Å². The fourth-order valence-electron chi connectivity index (χ4n) is 4.93. The number of nitrogens with one attached hydrogen (secondary N) is 1. The zero-order valence-corrected chi connectivity index (χ0v) is 18.6. The van der Waals surface area contributed by atoms with E-state index in [1.54, 1.807) is 12.1 Å². The predicted molar refractivity (Wildman–Crippen MR) is 119 cm³/mol. The number of pyridine rings is 1. The minimum Gasteiger partial charge on any atom is -0.470 e. The van der Waals surface area contributed by atoms with Crippen LogP contribution in [-0.2, 0) is 14.2 Å². The molecule has 34 heavy (non-hydrogen) atoms. The van der Waals surface area contributed by atoms with Crippen molar-refractivity contribution in [3.05, 3.63) is 41.5 Å². The van der Waals surface area contributed by atoms with E-state index in [4.69, 9.17) is 18.9 Å². The van der Waals surface area contributed by atoms with E-state index in [0.29, 0.717) is 61.1 Å². The number of morpholine rings is 1. The Bertz CT molecular complexity index is 1210. The van der Waals surface area contributed by atoms with Crippen LogP contribution >= 0.6 is 0 Å². The molecule has 4 atom stereocenters. The molecule has 0 saturated carbocycles. The Kier molecular flexibility index (Phi) is 5.40. The molecule has 0 radical (unpaired) electrons.